The Morgan fingerprint density at radius 1 is 1.33 bits per heavy atom. The number of nitrogens with one attached hydrogen (secondary N) is 2. The molecule has 1 aromatic carbocycles. The normalized spacial score (nSPS) is 22.6. The van der Waals surface area contributed by atoms with Gasteiger partial charge in [0.25, 0.3) is 5.91 Å². The summed E-state index contributed by atoms with van der Waals surface area (Å²) in [4.78, 5) is 27.0. The maximum atomic E-state index is 12.7. The zero-order chi connectivity index (χ0) is 19.4. The second-order valence-corrected chi connectivity index (χ2v) is 9.88. The van der Waals surface area contributed by atoms with Crippen molar-refractivity contribution in [2.45, 2.75) is 44.0 Å². The van der Waals surface area contributed by atoms with Crippen LogP contribution in [0, 0.1) is 5.92 Å². The first-order valence-electron chi connectivity index (χ1n) is 9.66. The van der Waals surface area contributed by atoms with Gasteiger partial charge < -0.3 is 10.2 Å². The molecule has 2 heterocycles. The third kappa shape index (κ3) is 5.06. The Hall–Kier alpha value is -1.05. The van der Waals surface area contributed by atoms with Gasteiger partial charge in [0.1, 0.15) is 0 Å². The monoisotopic (exact) mass is 453 g/mol. The minimum atomic E-state index is -0.132. The first-order chi connectivity index (χ1) is 12.9. The number of carbonyl (C=O) groups is 2. The highest BCUT2D eigenvalue weighted by molar-refractivity contribution is 9.10. The lowest BCUT2D eigenvalue weighted by Crippen LogP contribution is -2.54. The van der Waals surface area contributed by atoms with Crippen molar-refractivity contribution in [3.8, 4) is 0 Å². The molecular formula is C20H28BrN3O2S. The van der Waals surface area contributed by atoms with Gasteiger partial charge in [-0.3, -0.25) is 14.9 Å². The van der Waals surface area contributed by atoms with E-state index in [2.05, 4.69) is 40.4 Å². The predicted molar refractivity (Wildman–Crippen MR) is 114 cm³/mol. The maximum Gasteiger partial charge on any atom is 0.253 e. The van der Waals surface area contributed by atoms with Crippen molar-refractivity contribution < 1.29 is 9.59 Å². The summed E-state index contributed by atoms with van der Waals surface area (Å²) in [6, 6.07) is 7.38. The fourth-order valence-corrected chi connectivity index (χ4v) is 5.14. The quantitative estimate of drug-likeness (QED) is 0.717. The van der Waals surface area contributed by atoms with Crippen LogP contribution >= 0.6 is 27.7 Å². The van der Waals surface area contributed by atoms with E-state index in [1.54, 1.807) is 0 Å². The molecule has 0 aliphatic carbocycles. The van der Waals surface area contributed by atoms with Crippen LogP contribution in [-0.2, 0) is 4.79 Å². The zero-order valence-electron chi connectivity index (χ0n) is 16.0. The molecule has 0 radical (unpaired) electrons. The highest BCUT2D eigenvalue weighted by Crippen LogP contribution is 2.39. The predicted octanol–water partition coefficient (Wildman–Crippen LogP) is 3.25. The number of carbonyl (C=O) groups excluding carboxylic acids is 2. The fourth-order valence-electron chi connectivity index (χ4n) is 3.46. The minimum Gasteiger partial charge on any atom is -0.354 e. The third-order valence-corrected chi connectivity index (χ3v) is 7.66. The smallest absolute Gasteiger partial charge is 0.253 e. The first kappa shape index (κ1) is 20.7. The summed E-state index contributed by atoms with van der Waals surface area (Å²) in [6.07, 6.45) is 2.81. The summed E-state index contributed by atoms with van der Waals surface area (Å²) in [6.45, 7) is 6.46. The van der Waals surface area contributed by atoms with Gasteiger partial charge in [0.15, 0.2) is 0 Å². The van der Waals surface area contributed by atoms with Crippen molar-refractivity contribution in [2.75, 3.05) is 25.4 Å². The van der Waals surface area contributed by atoms with E-state index in [1.165, 1.54) is 0 Å². The maximum absolute atomic E-state index is 12.7. The second kappa shape index (κ2) is 8.97. The van der Waals surface area contributed by atoms with Gasteiger partial charge in [-0.2, -0.15) is 0 Å². The molecule has 2 fully saturated rings. The summed E-state index contributed by atoms with van der Waals surface area (Å²) < 4.78 is 0.973. The molecule has 2 amide bonds. The number of hydrogen-bond donors (Lipinski definition) is 2. The zero-order valence-corrected chi connectivity index (χ0v) is 18.4. The molecule has 2 aliphatic rings. The molecule has 7 heteroatoms. The van der Waals surface area contributed by atoms with E-state index in [0.29, 0.717) is 5.92 Å². The fraction of sp³-hybridized carbons (Fsp3) is 0.600. The molecule has 148 valence electrons. The molecule has 0 aromatic heterocycles. The second-order valence-electron chi connectivity index (χ2n) is 7.56. The van der Waals surface area contributed by atoms with Crippen LogP contribution in [0.2, 0.25) is 0 Å². The third-order valence-electron chi connectivity index (χ3n) is 5.55. The van der Waals surface area contributed by atoms with Crippen LogP contribution in [0.5, 0.6) is 0 Å². The SMILES string of the molecule is CCC(C)CNC(=O)C1CSC2(CCN(C(=O)c3ccc(Br)cc3)CC2)N1. The van der Waals surface area contributed by atoms with Crippen LogP contribution in [0.15, 0.2) is 28.7 Å². The van der Waals surface area contributed by atoms with E-state index in [0.717, 1.165) is 54.7 Å². The Kier molecular flexibility index (Phi) is 6.87. The standard InChI is InChI=1S/C20H28BrN3O2S/c1-3-14(2)12-22-18(25)17-13-27-20(23-17)8-10-24(11-9-20)19(26)15-4-6-16(21)7-5-15/h4-7,14,17,23H,3,8-13H2,1-2H3,(H,22,25). The number of rotatable bonds is 5. The van der Waals surface area contributed by atoms with Crippen LogP contribution in [0.4, 0.5) is 0 Å². The Bertz CT molecular complexity index is 674. The van der Waals surface area contributed by atoms with Gasteiger partial charge in [0.05, 0.1) is 10.9 Å². The summed E-state index contributed by atoms with van der Waals surface area (Å²) in [5.74, 6) is 1.49. The molecule has 27 heavy (non-hydrogen) atoms. The largest absolute Gasteiger partial charge is 0.354 e. The van der Waals surface area contributed by atoms with Gasteiger partial charge in [0.2, 0.25) is 5.91 Å². The molecule has 1 spiro atoms. The van der Waals surface area contributed by atoms with E-state index in [-0.39, 0.29) is 22.7 Å². The van der Waals surface area contributed by atoms with Crippen molar-refractivity contribution in [1.82, 2.24) is 15.5 Å². The molecule has 0 bridgehead atoms. The molecule has 5 nitrogen and oxygen atoms in total. The molecule has 1 aromatic rings. The molecule has 2 N–H and O–H groups in total. The number of nitrogens with zero attached hydrogens (tertiary/aromatic N) is 1. The highest BCUT2D eigenvalue weighted by atomic mass is 79.9. The average Bonchev–Trinajstić information content (AvgIpc) is 3.10. The Morgan fingerprint density at radius 2 is 2.00 bits per heavy atom. The van der Waals surface area contributed by atoms with E-state index < -0.39 is 0 Å². The molecule has 2 aliphatic heterocycles. The molecule has 2 saturated heterocycles. The van der Waals surface area contributed by atoms with Gasteiger partial charge in [-0.25, -0.2) is 0 Å². The topological polar surface area (TPSA) is 61.4 Å². The van der Waals surface area contributed by atoms with E-state index in [4.69, 9.17) is 0 Å². The van der Waals surface area contributed by atoms with Crippen LogP contribution in [0.25, 0.3) is 0 Å². The average molecular weight is 454 g/mol. The van der Waals surface area contributed by atoms with Crippen molar-refractivity contribution in [2.24, 2.45) is 5.92 Å². The van der Waals surface area contributed by atoms with Crippen LogP contribution in [-0.4, -0.2) is 53.0 Å². The minimum absolute atomic E-state index is 0.0745. The summed E-state index contributed by atoms with van der Waals surface area (Å²) >= 11 is 5.24. The number of thioether (sulfide) groups is 1. The van der Waals surface area contributed by atoms with Crippen LogP contribution in [0.3, 0.4) is 0 Å². The van der Waals surface area contributed by atoms with Crippen molar-refractivity contribution in [3.05, 3.63) is 34.3 Å². The Morgan fingerprint density at radius 3 is 2.63 bits per heavy atom. The van der Waals surface area contributed by atoms with E-state index in [9.17, 15) is 9.59 Å². The Labute approximate surface area is 174 Å². The summed E-state index contributed by atoms with van der Waals surface area (Å²) in [5.41, 5.74) is 0.725. The summed E-state index contributed by atoms with van der Waals surface area (Å²) in [5, 5.41) is 6.63. The van der Waals surface area contributed by atoms with E-state index in [1.807, 2.05) is 40.9 Å². The molecular weight excluding hydrogens is 426 g/mol. The number of likely N-dealkylation sites (tertiary alicyclic amines) is 1. The number of halogens is 1. The first-order valence-corrected chi connectivity index (χ1v) is 11.4. The van der Waals surface area contributed by atoms with Gasteiger partial charge >= 0.3 is 0 Å². The number of hydrogen-bond acceptors (Lipinski definition) is 4. The molecule has 0 saturated carbocycles. The number of amides is 2. The molecule has 2 atom stereocenters. The lowest BCUT2D eigenvalue weighted by atomic mass is 10.0. The van der Waals surface area contributed by atoms with Gasteiger partial charge in [0, 0.05) is 35.4 Å². The van der Waals surface area contributed by atoms with Gasteiger partial charge in [-0.05, 0) is 43.0 Å². The van der Waals surface area contributed by atoms with Crippen LogP contribution < -0.4 is 10.6 Å². The lowest BCUT2D eigenvalue weighted by molar-refractivity contribution is -0.122. The lowest BCUT2D eigenvalue weighted by Gasteiger charge is -2.39. The van der Waals surface area contributed by atoms with Crippen molar-refractivity contribution in [1.29, 1.82) is 0 Å². The van der Waals surface area contributed by atoms with Gasteiger partial charge in [-0.1, -0.05) is 36.2 Å². The summed E-state index contributed by atoms with van der Waals surface area (Å²) in [7, 11) is 0. The van der Waals surface area contributed by atoms with Crippen molar-refractivity contribution >= 4 is 39.5 Å². The number of benzene rings is 1. The van der Waals surface area contributed by atoms with Gasteiger partial charge in [-0.15, -0.1) is 11.8 Å². The number of piperidine rings is 1. The Balaban J connectivity index is 1.50. The van der Waals surface area contributed by atoms with Crippen molar-refractivity contribution in [3.63, 3.8) is 0 Å². The molecule has 2 unspecified atom stereocenters. The highest BCUT2D eigenvalue weighted by Gasteiger charge is 2.44. The van der Waals surface area contributed by atoms with E-state index >= 15 is 0 Å². The molecule has 3 rings (SSSR count). The van der Waals surface area contributed by atoms with Crippen LogP contribution in [0.1, 0.15) is 43.5 Å².